The van der Waals surface area contributed by atoms with Crippen molar-refractivity contribution in [3.8, 4) is 16.9 Å². The van der Waals surface area contributed by atoms with Crippen molar-refractivity contribution in [2.24, 2.45) is 0 Å². The molecule has 0 spiro atoms. The van der Waals surface area contributed by atoms with Crippen LogP contribution in [0.4, 0.5) is 14.9 Å². The molecule has 0 aliphatic carbocycles. The molecule has 3 fully saturated rings. The fraction of sp³-hybridized carbons (Fsp3) is 0.240. The van der Waals surface area contributed by atoms with E-state index in [1.54, 1.807) is 19.2 Å². The molecule has 158 valence electrons. The molecule has 2 N–H and O–H groups in total. The Kier molecular flexibility index (Phi) is 5.08. The Morgan fingerprint density at radius 2 is 1.71 bits per heavy atom. The number of benzene rings is 3. The summed E-state index contributed by atoms with van der Waals surface area (Å²) >= 11 is 0. The van der Waals surface area contributed by atoms with E-state index >= 15 is 0 Å². The van der Waals surface area contributed by atoms with E-state index < -0.39 is 0 Å². The molecule has 0 aromatic heterocycles. The molecule has 3 saturated heterocycles. The molecule has 3 aliphatic rings. The highest BCUT2D eigenvalue weighted by atomic mass is 19.1. The lowest BCUT2D eigenvalue weighted by Crippen LogP contribution is -2.72. The molecule has 6 rings (SSSR count). The van der Waals surface area contributed by atoms with Crippen molar-refractivity contribution in [2.45, 2.75) is 18.0 Å². The number of nitrogens with one attached hydrogen (secondary N) is 2. The van der Waals surface area contributed by atoms with Gasteiger partial charge in [-0.3, -0.25) is 0 Å². The molecule has 3 aromatic rings. The number of nitrogens with zero attached hydrogens (tertiary/aromatic N) is 1. The molecular formula is C25H24FN3O2. The smallest absolute Gasteiger partial charge is 0.321 e. The Morgan fingerprint density at radius 1 is 1.00 bits per heavy atom. The van der Waals surface area contributed by atoms with E-state index in [0.29, 0.717) is 19.0 Å². The molecule has 3 atom stereocenters. The van der Waals surface area contributed by atoms with E-state index in [-0.39, 0.29) is 23.9 Å². The van der Waals surface area contributed by atoms with Gasteiger partial charge in [-0.1, -0.05) is 36.4 Å². The number of hydrogen-bond donors (Lipinski definition) is 2. The van der Waals surface area contributed by atoms with Gasteiger partial charge in [0, 0.05) is 36.8 Å². The number of piperidine rings is 1. The molecule has 31 heavy (non-hydrogen) atoms. The van der Waals surface area contributed by atoms with Gasteiger partial charge >= 0.3 is 6.03 Å². The van der Waals surface area contributed by atoms with Crippen LogP contribution in [0.2, 0.25) is 0 Å². The number of carbonyl (C=O) groups excluding carboxylic acids is 1. The van der Waals surface area contributed by atoms with E-state index in [9.17, 15) is 9.18 Å². The zero-order chi connectivity index (χ0) is 21.4. The topological polar surface area (TPSA) is 53.6 Å². The largest absolute Gasteiger partial charge is 0.497 e. The number of carbonyl (C=O) groups is 1. The van der Waals surface area contributed by atoms with Crippen LogP contribution in [0.5, 0.6) is 5.75 Å². The minimum absolute atomic E-state index is 0.0819. The van der Waals surface area contributed by atoms with Crippen LogP contribution < -0.4 is 15.4 Å². The van der Waals surface area contributed by atoms with Crippen molar-refractivity contribution in [2.75, 3.05) is 25.5 Å². The third kappa shape index (κ3) is 3.86. The lowest BCUT2D eigenvalue weighted by molar-refractivity contribution is 0.0759. The summed E-state index contributed by atoms with van der Waals surface area (Å²) < 4.78 is 18.7. The number of hydrogen-bond acceptors (Lipinski definition) is 3. The predicted octanol–water partition coefficient (Wildman–Crippen LogP) is 4.47. The van der Waals surface area contributed by atoms with Crippen molar-refractivity contribution in [3.05, 3.63) is 84.2 Å². The van der Waals surface area contributed by atoms with E-state index in [2.05, 4.69) is 22.8 Å². The molecular weight excluding hydrogens is 393 g/mol. The maximum absolute atomic E-state index is 13.5. The van der Waals surface area contributed by atoms with E-state index in [4.69, 9.17) is 4.74 Å². The first-order chi connectivity index (χ1) is 15.1. The standard InChI is InChI=1S/C25H24FN3O2/c1-31-21-11-9-20(10-12-21)27-25(30)29-14-22-24(23(15-29)28-22)17-7-5-16(6-8-17)18-3-2-4-19(26)13-18/h2-13,22-24,28H,14-15H2,1H3,(H,27,30)/t22-,23+,24?. The monoisotopic (exact) mass is 417 g/mol. The normalized spacial score (nSPS) is 21.9. The number of halogens is 1. The maximum Gasteiger partial charge on any atom is 0.321 e. The number of fused-ring (bicyclic) bond motifs is 2. The average Bonchev–Trinajstić information content (AvgIpc) is 2.80. The van der Waals surface area contributed by atoms with Crippen LogP contribution >= 0.6 is 0 Å². The number of amides is 2. The molecule has 2 amide bonds. The molecule has 2 bridgehead atoms. The van der Waals surface area contributed by atoms with Gasteiger partial charge in [-0.25, -0.2) is 9.18 Å². The zero-order valence-electron chi connectivity index (χ0n) is 17.2. The van der Waals surface area contributed by atoms with Gasteiger partial charge in [0.2, 0.25) is 0 Å². The zero-order valence-corrected chi connectivity index (χ0v) is 17.2. The highest BCUT2D eigenvalue weighted by Crippen LogP contribution is 2.37. The predicted molar refractivity (Wildman–Crippen MR) is 119 cm³/mol. The van der Waals surface area contributed by atoms with Crippen molar-refractivity contribution in [1.29, 1.82) is 0 Å². The van der Waals surface area contributed by atoms with Crippen LogP contribution in [0.1, 0.15) is 11.5 Å². The fourth-order valence-corrected chi connectivity index (χ4v) is 4.60. The van der Waals surface area contributed by atoms with Crippen molar-refractivity contribution in [3.63, 3.8) is 0 Å². The summed E-state index contributed by atoms with van der Waals surface area (Å²) in [6.07, 6.45) is 0. The van der Waals surface area contributed by atoms with Gasteiger partial charge in [0.15, 0.2) is 0 Å². The molecule has 1 unspecified atom stereocenters. The first-order valence-electron chi connectivity index (χ1n) is 10.4. The molecule has 3 aromatic carbocycles. The first kappa shape index (κ1) is 19.6. The summed E-state index contributed by atoms with van der Waals surface area (Å²) in [5.74, 6) is 0.909. The highest BCUT2D eigenvalue weighted by Gasteiger charge is 2.48. The Labute approximate surface area is 180 Å². The van der Waals surface area contributed by atoms with Crippen LogP contribution in [-0.2, 0) is 0 Å². The fourth-order valence-electron chi connectivity index (χ4n) is 4.60. The quantitative estimate of drug-likeness (QED) is 0.659. The van der Waals surface area contributed by atoms with Gasteiger partial charge in [-0.05, 0) is 53.1 Å². The van der Waals surface area contributed by atoms with Gasteiger partial charge in [-0.2, -0.15) is 0 Å². The highest BCUT2D eigenvalue weighted by molar-refractivity contribution is 5.89. The summed E-state index contributed by atoms with van der Waals surface area (Å²) in [6.45, 7) is 1.32. The molecule has 6 heteroatoms. The third-order valence-corrected chi connectivity index (χ3v) is 6.21. The van der Waals surface area contributed by atoms with E-state index in [1.807, 2.05) is 47.4 Å². The maximum atomic E-state index is 13.5. The van der Waals surface area contributed by atoms with Gasteiger partial charge in [0.05, 0.1) is 7.11 Å². The van der Waals surface area contributed by atoms with Crippen molar-refractivity contribution >= 4 is 11.7 Å². The summed E-state index contributed by atoms with van der Waals surface area (Å²) in [5.41, 5.74) is 3.88. The average molecular weight is 417 g/mol. The van der Waals surface area contributed by atoms with Gasteiger partial charge in [0.25, 0.3) is 0 Å². The van der Waals surface area contributed by atoms with Crippen molar-refractivity contribution < 1.29 is 13.9 Å². The number of piperazine rings is 1. The van der Waals surface area contributed by atoms with Crippen LogP contribution in [-0.4, -0.2) is 43.2 Å². The molecule has 0 saturated carbocycles. The lowest BCUT2D eigenvalue weighted by Gasteiger charge is -2.54. The summed E-state index contributed by atoms with van der Waals surface area (Å²) in [5, 5.41) is 6.52. The third-order valence-electron chi connectivity index (χ3n) is 6.21. The van der Waals surface area contributed by atoms with Gasteiger partial charge < -0.3 is 20.3 Å². The summed E-state index contributed by atoms with van der Waals surface area (Å²) in [7, 11) is 1.62. The second kappa shape index (κ2) is 8.04. The van der Waals surface area contributed by atoms with Gasteiger partial charge in [-0.15, -0.1) is 0 Å². The minimum Gasteiger partial charge on any atom is -0.497 e. The molecule has 5 nitrogen and oxygen atoms in total. The Bertz CT molecular complexity index is 1070. The Morgan fingerprint density at radius 3 is 2.35 bits per heavy atom. The second-order valence-electron chi connectivity index (χ2n) is 8.10. The van der Waals surface area contributed by atoms with Crippen LogP contribution in [0.3, 0.4) is 0 Å². The second-order valence-corrected chi connectivity index (χ2v) is 8.10. The van der Waals surface area contributed by atoms with Crippen LogP contribution in [0.15, 0.2) is 72.8 Å². The minimum atomic E-state index is -0.229. The molecule has 3 heterocycles. The molecule has 3 aliphatic heterocycles. The number of methoxy groups -OCH3 is 1. The SMILES string of the molecule is COc1ccc(NC(=O)N2C[C@@H]3N[C@H](C2)C3c2ccc(-c3cccc(F)c3)cc2)cc1. The Balaban J connectivity index is 1.22. The van der Waals surface area contributed by atoms with Gasteiger partial charge in [0.1, 0.15) is 11.6 Å². The number of anilines is 1. The Hall–Kier alpha value is -3.38. The first-order valence-corrected chi connectivity index (χ1v) is 10.4. The van der Waals surface area contributed by atoms with Crippen LogP contribution in [0.25, 0.3) is 11.1 Å². The lowest BCUT2D eigenvalue weighted by atomic mass is 9.74. The van der Waals surface area contributed by atoms with E-state index in [1.165, 1.54) is 11.6 Å². The molecule has 0 radical (unpaired) electrons. The summed E-state index contributed by atoms with van der Waals surface area (Å²) in [6, 6.07) is 22.7. The van der Waals surface area contributed by atoms with E-state index in [0.717, 1.165) is 22.6 Å². The van der Waals surface area contributed by atoms with Crippen LogP contribution in [0, 0.1) is 5.82 Å². The number of ether oxygens (including phenoxy) is 1. The number of rotatable bonds is 4. The summed E-state index contributed by atoms with van der Waals surface area (Å²) in [4.78, 5) is 14.6. The number of urea groups is 1. The van der Waals surface area contributed by atoms with Crippen molar-refractivity contribution in [1.82, 2.24) is 10.2 Å².